The number of anilines is 2. The monoisotopic (exact) mass is 1010 g/mol. The normalized spacial score (nSPS) is 11.0. The second-order valence-corrected chi connectivity index (χ2v) is 17.9. The Morgan fingerprint density at radius 3 is 1.70 bits per heavy atom. The van der Waals surface area contributed by atoms with E-state index < -0.39 is 17.3 Å². The SMILES string of the molecule is COc1ccc(C(=O)Nc2ccc(C(C)(C)C(N)=O)cc2)cc1OC.COc1ccc(C(=O)Nc2ccc(C(C)(C)CNC(=O)Cn3ccc4cc(F)ccc43)cc2)cc1OC.O=C(O)c1cnc2[nH]ccc2c1. The van der Waals surface area contributed by atoms with E-state index in [-0.39, 0.29) is 41.1 Å². The van der Waals surface area contributed by atoms with Crippen molar-refractivity contribution in [2.45, 2.75) is 45.1 Å². The first-order valence-electron chi connectivity index (χ1n) is 23.0. The lowest BCUT2D eigenvalue weighted by Gasteiger charge is -2.26. The lowest BCUT2D eigenvalue weighted by molar-refractivity contribution is -0.122. The molecule has 8 rings (SSSR count). The van der Waals surface area contributed by atoms with Crippen molar-refractivity contribution in [1.29, 1.82) is 0 Å². The molecule has 0 fully saturated rings. The number of fused-ring (bicyclic) bond motifs is 2. The highest BCUT2D eigenvalue weighted by atomic mass is 19.1. The number of methoxy groups -OCH3 is 4. The molecule has 0 aliphatic rings. The Morgan fingerprint density at radius 1 is 0.649 bits per heavy atom. The van der Waals surface area contributed by atoms with Crippen LogP contribution in [0.2, 0.25) is 0 Å². The predicted octanol–water partition coefficient (Wildman–Crippen LogP) is 9.12. The van der Waals surface area contributed by atoms with E-state index in [0.717, 1.165) is 27.4 Å². The third kappa shape index (κ3) is 13.4. The first kappa shape index (κ1) is 54.1. The summed E-state index contributed by atoms with van der Waals surface area (Å²) in [4.78, 5) is 66.5. The molecule has 5 aromatic carbocycles. The van der Waals surface area contributed by atoms with Crippen LogP contribution in [0.1, 0.15) is 69.9 Å². The predicted molar refractivity (Wildman–Crippen MR) is 281 cm³/mol. The highest BCUT2D eigenvalue weighted by Gasteiger charge is 2.27. The van der Waals surface area contributed by atoms with Gasteiger partial charge in [0.1, 0.15) is 18.0 Å². The van der Waals surface area contributed by atoms with E-state index in [9.17, 15) is 28.4 Å². The zero-order valence-electron chi connectivity index (χ0n) is 42.2. The van der Waals surface area contributed by atoms with Gasteiger partial charge in [-0.1, -0.05) is 38.1 Å². The molecule has 74 heavy (non-hydrogen) atoms. The number of hydrogen-bond donors (Lipinski definition) is 6. The zero-order valence-corrected chi connectivity index (χ0v) is 42.2. The van der Waals surface area contributed by atoms with Gasteiger partial charge >= 0.3 is 5.97 Å². The molecule has 0 saturated heterocycles. The van der Waals surface area contributed by atoms with Crippen LogP contribution < -0.4 is 40.6 Å². The molecule has 0 aliphatic heterocycles. The number of aromatic nitrogens is 3. The summed E-state index contributed by atoms with van der Waals surface area (Å²) in [5, 5.41) is 18.9. The van der Waals surface area contributed by atoms with E-state index in [4.69, 9.17) is 29.8 Å². The summed E-state index contributed by atoms with van der Waals surface area (Å²) in [5.74, 6) is -0.269. The lowest BCUT2D eigenvalue weighted by Crippen LogP contribution is -2.38. The third-order valence-corrected chi connectivity index (χ3v) is 12.1. The van der Waals surface area contributed by atoms with Crippen LogP contribution >= 0.6 is 0 Å². The molecule has 3 heterocycles. The number of nitrogens with two attached hydrogens (primary N) is 1. The number of halogens is 1. The van der Waals surface area contributed by atoms with Crippen LogP contribution in [0, 0.1) is 5.82 Å². The summed E-state index contributed by atoms with van der Waals surface area (Å²) in [6, 6.07) is 34.2. The Bertz CT molecular complexity index is 3290. The Labute approximate surface area is 426 Å². The molecule has 0 radical (unpaired) electrons. The fourth-order valence-corrected chi connectivity index (χ4v) is 7.48. The number of benzene rings is 5. The number of amides is 4. The van der Waals surface area contributed by atoms with Crippen LogP contribution in [0.4, 0.5) is 15.8 Å². The van der Waals surface area contributed by atoms with Crippen LogP contribution in [0.5, 0.6) is 23.0 Å². The fraction of sp³-hybridized carbons (Fsp3) is 0.214. The summed E-state index contributed by atoms with van der Waals surface area (Å²) < 4.78 is 36.1. The number of carboxylic acids is 1. The Balaban J connectivity index is 0.000000206. The minimum atomic E-state index is -0.953. The Morgan fingerprint density at radius 2 is 1.19 bits per heavy atom. The molecule has 0 spiro atoms. The van der Waals surface area contributed by atoms with Crippen LogP contribution in [0.3, 0.4) is 0 Å². The third-order valence-electron chi connectivity index (χ3n) is 12.1. The summed E-state index contributed by atoms with van der Waals surface area (Å²) in [7, 11) is 6.11. The minimum Gasteiger partial charge on any atom is -0.493 e. The topological polar surface area (TPSA) is 238 Å². The van der Waals surface area contributed by atoms with Gasteiger partial charge in [0.15, 0.2) is 23.0 Å². The number of carboxylic acid groups (broad SMARTS) is 1. The number of carbonyl (C=O) groups is 5. The first-order valence-corrected chi connectivity index (χ1v) is 23.0. The number of nitrogens with one attached hydrogen (secondary N) is 4. The quantitative estimate of drug-likeness (QED) is 0.0534. The number of nitrogens with zero attached hydrogens (tertiary/aromatic N) is 2. The molecule has 8 aromatic rings. The van der Waals surface area contributed by atoms with Crippen molar-refractivity contribution in [2.75, 3.05) is 45.6 Å². The number of primary amides is 1. The maximum absolute atomic E-state index is 13.4. The molecule has 0 aliphatic carbocycles. The molecule has 18 heteroatoms. The molecular formula is C56H58FN7O10. The van der Waals surface area contributed by atoms with E-state index in [1.807, 2.05) is 38.1 Å². The molecule has 3 aromatic heterocycles. The number of carbonyl (C=O) groups excluding carboxylic acids is 4. The number of aromatic amines is 1. The Kier molecular flexibility index (Phi) is 17.4. The molecule has 0 unspecified atom stereocenters. The number of aromatic carboxylic acids is 1. The average Bonchev–Trinajstić information content (AvgIpc) is 4.04. The molecule has 0 saturated carbocycles. The van der Waals surface area contributed by atoms with Crippen molar-refractivity contribution in [2.24, 2.45) is 5.73 Å². The van der Waals surface area contributed by atoms with Gasteiger partial charge in [-0.2, -0.15) is 0 Å². The fourth-order valence-electron chi connectivity index (χ4n) is 7.48. The number of ether oxygens (including phenoxy) is 4. The highest BCUT2D eigenvalue weighted by molar-refractivity contribution is 6.05. The van der Waals surface area contributed by atoms with Crippen molar-refractivity contribution >= 4 is 62.9 Å². The van der Waals surface area contributed by atoms with Gasteiger partial charge in [-0.25, -0.2) is 14.2 Å². The largest absolute Gasteiger partial charge is 0.493 e. The summed E-state index contributed by atoms with van der Waals surface area (Å²) in [6.45, 7) is 8.17. The lowest BCUT2D eigenvalue weighted by atomic mass is 9.84. The average molecular weight is 1010 g/mol. The second kappa shape index (κ2) is 23.8. The van der Waals surface area contributed by atoms with Gasteiger partial charge in [0.25, 0.3) is 11.8 Å². The number of pyridine rings is 1. The van der Waals surface area contributed by atoms with E-state index in [1.54, 1.807) is 123 Å². The molecule has 17 nitrogen and oxygen atoms in total. The number of H-pyrrole nitrogens is 1. The van der Waals surface area contributed by atoms with Crippen molar-refractivity contribution in [3.8, 4) is 23.0 Å². The van der Waals surface area contributed by atoms with E-state index in [2.05, 4.69) is 25.9 Å². The van der Waals surface area contributed by atoms with Gasteiger partial charge in [0.05, 0.1) is 39.4 Å². The minimum absolute atomic E-state index is 0.131. The molecule has 7 N–H and O–H groups in total. The van der Waals surface area contributed by atoms with Crippen molar-refractivity contribution < 1.29 is 52.4 Å². The first-order chi connectivity index (χ1) is 35.3. The van der Waals surface area contributed by atoms with Gasteiger partial charge in [0, 0.05) is 69.3 Å². The smallest absolute Gasteiger partial charge is 0.337 e. The standard InChI is InChI=1S/C29H30FN3O4.C19H22N2O4.C8H6N2O2/c1-29(2,18-31-27(34)17-33-14-13-19-15-22(30)8-11-24(19)33)21-6-9-23(10-7-21)32-28(35)20-5-12-25(36-3)26(16-20)37-4;1-19(2,18(20)23)13-6-8-14(9-7-13)21-17(22)12-5-10-15(24-3)16(11-12)25-4;11-8(12)6-3-5-1-2-9-7(5)10-4-6/h5-16H,17-18H2,1-4H3,(H,31,34)(H,32,35);5-11H,1-4H3,(H2,20,23)(H,21,22);1-4H,(H,9,10)(H,11,12). The van der Waals surface area contributed by atoms with E-state index in [1.165, 1.54) is 39.7 Å². The van der Waals surface area contributed by atoms with Gasteiger partial charge in [-0.3, -0.25) is 19.2 Å². The summed E-state index contributed by atoms with van der Waals surface area (Å²) >= 11 is 0. The molecule has 0 atom stereocenters. The second-order valence-electron chi connectivity index (χ2n) is 17.9. The van der Waals surface area contributed by atoms with E-state index in [0.29, 0.717) is 57.7 Å². The number of rotatable bonds is 16. The molecule has 384 valence electrons. The molecule has 4 amide bonds. The van der Waals surface area contributed by atoms with Gasteiger partial charge in [-0.05, 0) is 122 Å². The van der Waals surface area contributed by atoms with Crippen LogP contribution in [0.25, 0.3) is 21.9 Å². The molecular weight excluding hydrogens is 950 g/mol. The van der Waals surface area contributed by atoms with E-state index >= 15 is 0 Å². The maximum Gasteiger partial charge on any atom is 0.337 e. The van der Waals surface area contributed by atoms with Crippen LogP contribution in [-0.2, 0) is 27.0 Å². The Hall–Kier alpha value is -9.19. The maximum atomic E-state index is 13.4. The van der Waals surface area contributed by atoms with Crippen molar-refractivity contribution in [3.05, 3.63) is 174 Å². The van der Waals surface area contributed by atoms with Gasteiger partial charge < -0.3 is 55.3 Å². The number of hydrogen-bond acceptors (Lipinski definition) is 10. The zero-order chi connectivity index (χ0) is 53.7. The van der Waals surface area contributed by atoms with Crippen molar-refractivity contribution in [3.63, 3.8) is 0 Å². The van der Waals surface area contributed by atoms with Gasteiger partial charge in [0.2, 0.25) is 11.8 Å². The van der Waals surface area contributed by atoms with Gasteiger partial charge in [-0.15, -0.1) is 0 Å². The summed E-state index contributed by atoms with van der Waals surface area (Å²) in [6.07, 6.45) is 4.84. The van der Waals surface area contributed by atoms with Crippen molar-refractivity contribution in [1.82, 2.24) is 19.9 Å². The summed E-state index contributed by atoms with van der Waals surface area (Å²) in [5.41, 5.74) is 9.98. The molecule has 0 bridgehead atoms. The highest BCUT2D eigenvalue weighted by Crippen LogP contribution is 2.31. The van der Waals surface area contributed by atoms with Crippen LogP contribution in [0.15, 0.2) is 140 Å². The van der Waals surface area contributed by atoms with Crippen LogP contribution in [-0.4, -0.2) is 84.2 Å².